The monoisotopic (exact) mass is 367 g/mol. The van der Waals surface area contributed by atoms with E-state index in [1.165, 1.54) is 32.4 Å². The van der Waals surface area contributed by atoms with E-state index in [0.29, 0.717) is 12.3 Å². The Bertz CT molecular complexity index is 682. The average molecular weight is 367 g/mol. The Hall–Kier alpha value is -2.53. The largest absolute Gasteiger partial charge is 0.484 e. The highest BCUT2D eigenvalue weighted by Crippen LogP contribution is 2.19. The van der Waals surface area contributed by atoms with E-state index >= 15 is 0 Å². The van der Waals surface area contributed by atoms with Crippen molar-refractivity contribution in [3.8, 4) is 5.75 Å². The van der Waals surface area contributed by atoms with Crippen molar-refractivity contribution in [1.82, 2.24) is 10.2 Å². The van der Waals surface area contributed by atoms with Crippen LogP contribution in [0.15, 0.2) is 54.6 Å². The molecule has 0 radical (unpaired) electrons. The van der Waals surface area contributed by atoms with Crippen molar-refractivity contribution < 1.29 is 9.53 Å². The lowest BCUT2D eigenvalue weighted by molar-refractivity contribution is -0.123. The van der Waals surface area contributed by atoms with Crippen LogP contribution < -0.4 is 15.4 Å². The Kier molecular flexibility index (Phi) is 7.54. The van der Waals surface area contributed by atoms with Gasteiger partial charge in [-0.25, -0.2) is 0 Å². The maximum Gasteiger partial charge on any atom is 0.257 e. The second kappa shape index (κ2) is 10.6. The molecule has 1 amide bonds. The molecule has 0 spiro atoms. The van der Waals surface area contributed by atoms with E-state index in [4.69, 9.17) is 4.74 Å². The maximum absolute atomic E-state index is 11.9. The Balaban J connectivity index is 1.31. The molecule has 1 aliphatic rings. The van der Waals surface area contributed by atoms with Crippen LogP contribution >= 0.6 is 0 Å². The summed E-state index contributed by atoms with van der Waals surface area (Å²) in [6.07, 6.45) is 4.96. The lowest BCUT2D eigenvalue weighted by Gasteiger charge is -2.26. The van der Waals surface area contributed by atoms with E-state index < -0.39 is 0 Å². The Morgan fingerprint density at radius 1 is 0.926 bits per heavy atom. The Labute approximate surface area is 161 Å². The SMILES string of the molecule is O=C(COc1ccc(Nc2ccccc2)cc1)NCCCN1CCCCC1. The summed E-state index contributed by atoms with van der Waals surface area (Å²) < 4.78 is 5.57. The third kappa shape index (κ3) is 6.94. The molecule has 5 heteroatoms. The number of hydrogen-bond acceptors (Lipinski definition) is 4. The van der Waals surface area contributed by atoms with E-state index in [-0.39, 0.29) is 12.5 Å². The number of carbonyl (C=O) groups is 1. The van der Waals surface area contributed by atoms with Crippen LogP contribution in [0.5, 0.6) is 5.75 Å². The van der Waals surface area contributed by atoms with Crippen molar-refractivity contribution in [3.05, 3.63) is 54.6 Å². The van der Waals surface area contributed by atoms with E-state index in [0.717, 1.165) is 24.3 Å². The number of carbonyl (C=O) groups excluding carboxylic acids is 1. The number of piperidine rings is 1. The van der Waals surface area contributed by atoms with Gasteiger partial charge in [-0.3, -0.25) is 4.79 Å². The molecule has 3 rings (SSSR count). The molecule has 1 saturated heterocycles. The predicted molar refractivity (Wildman–Crippen MR) is 110 cm³/mol. The molecule has 2 aromatic rings. The Morgan fingerprint density at radius 2 is 1.63 bits per heavy atom. The summed E-state index contributed by atoms with van der Waals surface area (Å²) in [6.45, 7) is 4.23. The summed E-state index contributed by atoms with van der Waals surface area (Å²) in [5, 5.41) is 6.25. The number of para-hydroxylation sites is 1. The van der Waals surface area contributed by atoms with Gasteiger partial charge in [-0.15, -0.1) is 0 Å². The van der Waals surface area contributed by atoms with Crippen molar-refractivity contribution in [3.63, 3.8) is 0 Å². The standard InChI is InChI=1S/C22H29N3O2/c26-22(23-14-7-17-25-15-5-2-6-16-25)18-27-21-12-10-20(11-13-21)24-19-8-3-1-4-9-19/h1,3-4,8-13,24H,2,5-7,14-18H2,(H,23,26). The van der Waals surface area contributed by atoms with Gasteiger partial charge in [0.15, 0.2) is 6.61 Å². The van der Waals surface area contributed by atoms with Crippen LogP contribution in [0.1, 0.15) is 25.7 Å². The molecule has 5 nitrogen and oxygen atoms in total. The molecule has 0 bridgehead atoms. The van der Waals surface area contributed by atoms with Gasteiger partial charge in [0.05, 0.1) is 0 Å². The molecule has 144 valence electrons. The van der Waals surface area contributed by atoms with Gasteiger partial charge in [-0.2, -0.15) is 0 Å². The molecule has 1 heterocycles. The molecule has 0 saturated carbocycles. The van der Waals surface area contributed by atoms with Crippen LogP contribution in [0.4, 0.5) is 11.4 Å². The zero-order chi connectivity index (χ0) is 18.7. The zero-order valence-electron chi connectivity index (χ0n) is 15.8. The van der Waals surface area contributed by atoms with Gasteiger partial charge < -0.3 is 20.3 Å². The smallest absolute Gasteiger partial charge is 0.257 e. The molecule has 2 aromatic carbocycles. The fraction of sp³-hybridized carbons (Fsp3) is 0.409. The highest BCUT2D eigenvalue weighted by Gasteiger charge is 2.09. The number of benzene rings is 2. The van der Waals surface area contributed by atoms with E-state index in [1.807, 2.05) is 54.6 Å². The van der Waals surface area contributed by atoms with Gasteiger partial charge in [0.1, 0.15) is 5.75 Å². The van der Waals surface area contributed by atoms with Gasteiger partial charge in [-0.05, 0) is 75.3 Å². The quantitative estimate of drug-likeness (QED) is 0.662. The first kappa shape index (κ1) is 19.2. The average Bonchev–Trinajstić information content (AvgIpc) is 2.72. The number of likely N-dealkylation sites (tertiary alicyclic amines) is 1. The second-order valence-corrected chi connectivity index (χ2v) is 6.91. The molecule has 1 fully saturated rings. The lowest BCUT2D eigenvalue weighted by atomic mass is 10.1. The Morgan fingerprint density at radius 3 is 2.37 bits per heavy atom. The van der Waals surface area contributed by atoms with Crippen LogP contribution in [0.3, 0.4) is 0 Å². The van der Waals surface area contributed by atoms with Gasteiger partial charge in [0.2, 0.25) is 0 Å². The maximum atomic E-state index is 11.9. The van der Waals surface area contributed by atoms with Crippen LogP contribution in [-0.4, -0.2) is 43.6 Å². The predicted octanol–water partition coefficient (Wildman–Crippen LogP) is 3.80. The minimum atomic E-state index is -0.0693. The van der Waals surface area contributed by atoms with Gasteiger partial charge in [0.25, 0.3) is 5.91 Å². The number of hydrogen-bond donors (Lipinski definition) is 2. The second-order valence-electron chi connectivity index (χ2n) is 6.91. The summed E-state index contributed by atoms with van der Waals surface area (Å²) in [5.74, 6) is 0.622. The number of nitrogens with zero attached hydrogens (tertiary/aromatic N) is 1. The third-order valence-electron chi connectivity index (χ3n) is 4.71. The normalized spacial score (nSPS) is 14.5. The minimum Gasteiger partial charge on any atom is -0.484 e. The molecule has 0 aliphatic carbocycles. The van der Waals surface area contributed by atoms with Gasteiger partial charge in [-0.1, -0.05) is 24.6 Å². The summed E-state index contributed by atoms with van der Waals surface area (Å²) in [4.78, 5) is 14.4. The summed E-state index contributed by atoms with van der Waals surface area (Å²) in [7, 11) is 0. The first-order chi connectivity index (χ1) is 13.3. The highest BCUT2D eigenvalue weighted by molar-refractivity contribution is 5.77. The molecule has 0 unspecified atom stereocenters. The van der Waals surface area contributed by atoms with E-state index in [1.54, 1.807) is 0 Å². The first-order valence-corrected chi connectivity index (χ1v) is 9.83. The fourth-order valence-corrected chi connectivity index (χ4v) is 3.24. The molecule has 0 aromatic heterocycles. The van der Waals surface area contributed by atoms with Crippen molar-refractivity contribution in [2.24, 2.45) is 0 Å². The number of ether oxygens (including phenoxy) is 1. The molecule has 1 aliphatic heterocycles. The number of anilines is 2. The van der Waals surface area contributed by atoms with Gasteiger partial charge >= 0.3 is 0 Å². The molecule has 27 heavy (non-hydrogen) atoms. The fourth-order valence-electron chi connectivity index (χ4n) is 3.24. The van der Waals surface area contributed by atoms with Crippen LogP contribution in [-0.2, 0) is 4.79 Å². The van der Waals surface area contributed by atoms with Crippen molar-refractivity contribution >= 4 is 17.3 Å². The van der Waals surface area contributed by atoms with Crippen molar-refractivity contribution in [2.45, 2.75) is 25.7 Å². The molecular weight excluding hydrogens is 338 g/mol. The summed E-state index contributed by atoms with van der Waals surface area (Å²) in [6, 6.07) is 17.6. The number of rotatable bonds is 9. The first-order valence-electron chi connectivity index (χ1n) is 9.83. The van der Waals surface area contributed by atoms with E-state index in [9.17, 15) is 4.79 Å². The van der Waals surface area contributed by atoms with Crippen LogP contribution in [0.25, 0.3) is 0 Å². The summed E-state index contributed by atoms with van der Waals surface area (Å²) in [5.41, 5.74) is 2.02. The van der Waals surface area contributed by atoms with Crippen molar-refractivity contribution in [2.75, 3.05) is 38.1 Å². The summed E-state index contributed by atoms with van der Waals surface area (Å²) >= 11 is 0. The highest BCUT2D eigenvalue weighted by atomic mass is 16.5. The topological polar surface area (TPSA) is 53.6 Å². The zero-order valence-corrected chi connectivity index (χ0v) is 15.8. The number of nitrogens with one attached hydrogen (secondary N) is 2. The third-order valence-corrected chi connectivity index (χ3v) is 4.71. The minimum absolute atomic E-state index is 0.0508. The number of amides is 1. The van der Waals surface area contributed by atoms with Gasteiger partial charge in [0, 0.05) is 17.9 Å². The van der Waals surface area contributed by atoms with E-state index in [2.05, 4.69) is 15.5 Å². The molecular formula is C22H29N3O2. The molecule has 2 N–H and O–H groups in total. The molecule has 0 atom stereocenters. The van der Waals surface area contributed by atoms with Crippen LogP contribution in [0, 0.1) is 0 Å². The van der Waals surface area contributed by atoms with Crippen LogP contribution in [0.2, 0.25) is 0 Å². The van der Waals surface area contributed by atoms with Crippen molar-refractivity contribution in [1.29, 1.82) is 0 Å². The lowest BCUT2D eigenvalue weighted by Crippen LogP contribution is -2.34.